The monoisotopic (exact) mass is 886 g/mol. The Morgan fingerprint density at radius 2 is 1.02 bits per heavy atom. The second-order valence-electron chi connectivity index (χ2n) is 17.3. The summed E-state index contributed by atoms with van der Waals surface area (Å²) in [5.41, 5.74) is 6.05. The second kappa shape index (κ2) is 25.9. The lowest BCUT2D eigenvalue weighted by molar-refractivity contribution is -0.142. The summed E-state index contributed by atoms with van der Waals surface area (Å²) in [5, 5.41) is 57.3. The topological polar surface area (TPSA) is 348 Å². The van der Waals surface area contributed by atoms with Gasteiger partial charge in [-0.1, -0.05) is 41.5 Å². The van der Waals surface area contributed by atoms with Crippen molar-refractivity contribution in [2.24, 2.45) is 23.5 Å². The molecule has 0 aromatic rings. The Balaban J connectivity index is 3.04. The lowest BCUT2D eigenvalue weighted by Crippen LogP contribution is -2.63. The third kappa shape index (κ3) is 18.2. The standard InChI is InChI=1S/C40H71N9O13/c1-18(2)14-25(41)39(60)49-13-11-12-28(49)35(56)42-17-29(53)46-30(22(8)50)38(59)48-32(24(10)52)37(58)44-26(15-19(3)4)34(55)47-31(23(9)51)36(57)43-21(7)33(54)45-27(40(61)62)16-20(5)6/h18-28,30-32,50-52H,11-17,41H2,1-10H3,(H,42,56)(H,43,57)(H,44,58)(H,45,54)(H,46,53)(H,47,55)(H,48,59)(H,61,62)/t21-,22+,23+,24+,25-,26-,27-,28-,30-,31-,32-/m0/s1. The van der Waals surface area contributed by atoms with Crippen molar-refractivity contribution in [1.82, 2.24) is 42.1 Å². The highest BCUT2D eigenvalue weighted by Gasteiger charge is 2.38. The Labute approximate surface area is 363 Å². The van der Waals surface area contributed by atoms with Gasteiger partial charge in [0.05, 0.1) is 30.9 Å². The van der Waals surface area contributed by atoms with Crippen LogP contribution >= 0.6 is 0 Å². The highest BCUT2D eigenvalue weighted by Crippen LogP contribution is 2.20. The number of carbonyl (C=O) groups excluding carboxylic acids is 8. The molecule has 0 saturated carbocycles. The van der Waals surface area contributed by atoms with Crippen LogP contribution in [0.4, 0.5) is 0 Å². The molecule has 0 aliphatic carbocycles. The summed E-state index contributed by atoms with van der Waals surface area (Å²) in [5.74, 6) is -8.30. The quantitative estimate of drug-likeness (QED) is 0.0428. The molecule has 13 N–H and O–H groups in total. The first-order valence-corrected chi connectivity index (χ1v) is 21.1. The minimum absolute atomic E-state index is 0.0347. The number of rotatable bonds is 25. The number of carboxylic acids is 1. The maximum Gasteiger partial charge on any atom is 0.326 e. The first-order valence-electron chi connectivity index (χ1n) is 21.1. The number of aliphatic hydroxyl groups is 3. The Kier molecular flexibility index (Phi) is 23.0. The van der Waals surface area contributed by atoms with Crippen molar-refractivity contribution in [3.8, 4) is 0 Å². The summed E-state index contributed by atoms with van der Waals surface area (Å²) in [4.78, 5) is 118. The zero-order chi connectivity index (χ0) is 47.8. The zero-order valence-corrected chi connectivity index (χ0v) is 37.5. The second-order valence-corrected chi connectivity index (χ2v) is 17.3. The van der Waals surface area contributed by atoms with E-state index in [4.69, 9.17) is 5.73 Å². The Hall–Kier alpha value is -4.93. The van der Waals surface area contributed by atoms with E-state index in [9.17, 15) is 63.6 Å². The van der Waals surface area contributed by atoms with Crippen molar-refractivity contribution in [3.05, 3.63) is 0 Å². The lowest BCUT2D eigenvalue weighted by atomic mass is 10.0. The minimum Gasteiger partial charge on any atom is -0.480 e. The summed E-state index contributed by atoms with van der Waals surface area (Å²) in [6, 6.07) is -10.7. The average Bonchev–Trinajstić information content (AvgIpc) is 3.65. The van der Waals surface area contributed by atoms with Crippen LogP contribution in [-0.2, 0) is 43.2 Å². The van der Waals surface area contributed by atoms with Crippen LogP contribution < -0.4 is 43.0 Å². The van der Waals surface area contributed by atoms with Crippen LogP contribution in [0.2, 0.25) is 0 Å². The molecule has 22 heteroatoms. The van der Waals surface area contributed by atoms with E-state index in [0.29, 0.717) is 25.8 Å². The van der Waals surface area contributed by atoms with Gasteiger partial charge >= 0.3 is 5.97 Å². The smallest absolute Gasteiger partial charge is 0.326 e. The van der Waals surface area contributed by atoms with Gasteiger partial charge in [-0.25, -0.2) is 4.79 Å². The van der Waals surface area contributed by atoms with Crippen molar-refractivity contribution in [3.63, 3.8) is 0 Å². The normalized spacial score (nSPS) is 18.8. The van der Waals surface area contributed by atoms with E-state index in [2.05, 4.69) is 37.2 Å². The molecule has 0 unspecified atom stereocenters. The van der Waals surface area contributed by atoms with Crippen LogP contribution in [0.3, 0.4) is 0 Å². The molecule has 1 rings (SSSR count). The maximum atomic E-state index is 13.6. The van der Waals surface area contributed by atoms with Gasteiger partial charge in [0.25, 0.3) is 0 Å². The Morgan fingerprint density at radius 3 is 1.50 bits per heavy atom. The highest BCUT2D eigenvalue weighted by molar-refractivity contribution is 5.98. The molecule has 1 aliphatic heterocycles. The van der Waals surface area contributed by atoms with E-state index >= 15 is 0 Å². The van der Waals surface area contributed by atoms with Crippen molar-refractivity contribution in [1.29, 1.82) is 0 Å². The molecule has 0 aromatic carbocycles. The number of aliphatic hydroxyl groups excluding tert-OH is 3. The summed E-state index contributed by atoms with van der Waals surface area (Å²) in [6.45, 7) is 15.3. The van der Waals surface area contributed by atoms with Gasteiger partial charge in [-0.15, -0.1) is 0 Å². The number of nitrogens with one attached hydrogen (secondary N) is 7. The molecule has 1 heterocycles. The number of nitrogens with zero attached hydrogens (tertiary/aromatic N) is 1. The van der Waals surface area contributed by atoms with E-state index < -0.39 is 121 Å². The van der Waals surface area contributed by atoms with Crippen molar-refractivity contribution in [2.75, 3.05) is 13.1 Å². The van der Waals surface area contributed by atoms with Gasteiger partial charge in [-0.3, -0.25) is 38.4 Å². The van der Waals surface area contributed by atoms with Gasteiger partial charge in [-0.05, 0) is 77.6 Å². The van der Waals surface area contributed by atoms with E-state index in [1.165, 1.54) is 25.7 Å². The van der Waals surface area contributed by atoms with Crippen LogP contribution in [0.15, 0.2) is 0 Å². The molecule has 0 aromatic heterocycles. The van der Waals surface area contributed by atoms with E-state index in [1.807, 2.05) is 13.8 Å². The van der Waals surface area contributed by atoms with Crippen molar-refractivity contribution >= 4 is 53.2 Å². The molecule has 8 amide bonds. The lowest BCUT2D eigenvalue weighted by Gasteiger charge is -2.29. The van der Waals surface area contributed by atoms with Gasteiger partial charge in [0, 0.05) is 6.54 Å². The molecule has 62 heavy (non-hydrogen) atoms. The average molecular weight is 886 g/mol. The molecule has 1 aliphatic rings. The summed E-state index contributed by atoms with van der Waals surface area (Å²) >= 11 is 0. The van der Waals surface area contributed by atoms with Crippen LogP contribution in [0.1, 0.15) is 101 Å². The van der Waals surface area contributed by atoms with E-state index in [1.54, 1.807) is 27.7 Å². The third-order valence-corrected chi connectivity index (χ3v) is 9.92. The highest BCUT2D eigenvalue weighted by atomic mass is 16.4. The van der Waals surface area contributed by atoms with Gasteiger partial charge in [0.15, 0.2) is 0 Å². The summed E-state index contributed by atoms with van der Waals surface area (Å²) in [7, 11) is 0. The molecule has 22 nitrogen and oxygen atoms in total. The first-order chi connectivity index (χ1) is 28.7. The molecular formula is C40H71N9O13. The number of carbonyl (C=O) groups is 9. The van der Waals surface area contributed by atoms with Crippen LogP contribution in [0.25, 0.3) is 0 Å². The van der Waals surface area contributed by atoms with Gasteiger partial charge < -0.3 is 68.3 Å². The molecule has 1 fully saturated rings. The van der Waals surface area contributed by atoms with E-state index in [-0.39, 0.29) is 36.5 Å². The van der Waals surface area contributed by atoms with Gasteiger partial charge in [0.1, 0.15) is 42.3 Å². The number of aliphatic carboxylic acids is 1. The summed E-state index contributed by atoms with van der Waals surface area (Å²) in [6.07, 6.45) is -3.26. The molecule has 0 bridgehead atoms. The summed E-state index contributed by atoms with van der Waals surface area (Å²) < 4.78 is 0. The molecule has 11 atom stereocenters. The maximum absolute atomic E-state index is 13.6. The Morgan fingerprint density at radius 1 is 0.581 bits per heavy atom. The zero-order valence-electron chi connectivity index (χ0n) is 37.5. The minimum atomic E-state index is -1.75. The predicted octanol–water partition coefficient (Wildman–Crippen LogP) is -3.29. The van der Waals surface area contributed by atoms with Gasteiger partial charge in [0.2, 0.25) is 47.3 Å². The number of likely N-dealkylation sites (tertiary alicyclic amines) is 1. The number of hydrogen-bond acceptors (Lipinski definition) is 13. The van der Waals surface area contributed by atoms with Crippen LogP contribution in [-0.4, -0.2) is 158 Å². The molecular weight excluding hydrogens is 814 g/mol. The number of amides is 8. The fourth-order valence-corrected chi connectivity index (χ4v) is 6.67. The molecule has 0 radical (unpaired) electrons. The fourth-order valence-electron chi connectivity index (χ4n) is 6.67. The Bertz CT molecular complexity index is 1570. The third-order valence-electron chi connectivity index (χ3n) is 9.92. The van der Waals surface area contributed by atoms with E-state index in [0.717, 1.165) is 6.92 Å². The number of hydrogen-bond donors (Lipinski definition) is 12. The molecule has 0 spiro atoms. The first kappa shape index (κ1) is 55.1. The van der Waals surface area contributed by atoms with Crippen LogP contribution in [0, 0.1) is 17.8 Å². The van der Waals surface area contributed by atoms with Crippen molar-refractivity contribution < 1.29 is 63.6 Å². The fraction of sp³-hybridized carbons (Fsp3) is 0.775. The van der Waals surface area contributed by atoms with Crippen molar-refractivity contribution in [2.45, 2.75) is 168 Å². The SMILES string of the molecule is CC(C)C[C@H](NC(=O)[C@H](C)NC(=O)[C@@H](NC(=O)[C@H](CC(C)C)NC(=O)[C@@H](NC(=O)[C@@H](NC(=O)CNC(=O)[C@@H]1CCCN1C(=O)[C@@H](N)CC(C)C)[C@@H](C)O)[C@@H](C)O)[C@@H](C)O)C(=O)O. The predicted molar refractivity (Wildman–Crippen MR) is 224 cm³/mol. The van der Waals surface area contributed by atoms with Crippen LogP contribution in [0.5, 0.6) is 0 Å². The number of carboxylic acid groups (broad SMARTS) is 1. The number of nitrogens with two attached hydrogens (primary N) is 1. The van der Waals surface area contributed by atoms with Gasteiger partial charge in [-0.2, -0.15) is 0 Å². The molecule has 1 saturated heterocycles. The largest absolute Gasteiger partial charge is 0.480 e. The molecule has 354 valence electrons.